The highest BCUT2D eigenvalue weighted by Crippen LogP contribution is 2.29. The van der Waals surface area contributed by atoms with Crippen LogP contribution in [0.2, 0.25) is 0 Å². The molecule has 1 N–H and O–H groups in total. The van der Waals surface area contributed by atoms with Crippen LogP contribution < -0.4 is 10.2 Å². The van der Waals surface area contributed by atoms with Gasteiger partial charge in [0.25, 0.3) is 0 Å². The fraction of sp³-hybridized carbons (Fsp3) is 0.320. The number of hydrogen-bond acceptors (Lipinski definition) is 2. The number of carbonyl (C=O) groups is 1. The molecular formula is C25H29N3O. The van der Waals surface area contributed by atoms with Crippen LogP contribution in [-0.4, -0.2) is 17.0 Å². The van der Waals surface area contributed by atoms with Crippen molar-refractivity contribution in [1.82, 2.24) is 4.57 Å². The molecule has 4 heteroatoms. The lowest BCUT2D eigenvalue weighted by Crippen LogP contribution is -2.33. The zero-order valence-electron chi connectivity index (χ0n) is 17.5. The molecule has 0 bridgehead atoms. The van der Waals surface area contributed by atoms with E-state index in [0.717, 1.165) is 42.9 Å². The number of carbonyl (C=O) groups excluding carboxylic acids is 1. The van der Waals surface area contributed by atoms with Crippen LogP contribution in [0, 0.1) is 20.8 Å². The van der Waals surface area contributed by atoms with E-state index in [-0.39, 0.29) is 5.91 Å². The molecule has 2 aromatic carbocycles. The van der Waals surface area contributed by atoms with Crippen molar-refractivity contribution in [3.8, 4) is 0 Å². The molecule has 0 spiro atoms. The summed E-state index contributed by atoms with van der Waals surface area (Å²) >= 11 is 0. The molecule has 1 amide bonds. The largest absolute Gasteiger partial charge is 0.364 e. The summed E-state index contributed by atoms with van der Waals surface area (Å²) in [5.74, 6) is 0.0697. The third-order valence-electron chi connectivity index (χ3n) is 5.80. The van der Waals surface area contributed by atoms with E-state index in [0.29, 0.717) is 6.42 Å². The Bertz CT molecular complexity index is 994. The third kappa shape index (κ3) is 4.37. The Hall–Kier alpha value is -3.01. The van der Waals surface area contributed by atoms with E-state index in [2.05, 4.69) is 90.3 Å². The molecule has 1 aliphatic heterocycles. The Morgan fingerprint density at radius 1 is 1.00 bits per heavy atom. The van der Waals surface area contributed by atoms with Crippen LogP contribution in [-0.2, 0) is 24.3 Å². The van der Waals surface area contributed by atoms with Crippen LogP contribution in [0.15, 0.2) is 54.7 Å². The summed E-state index contributed by atoms with van der Waals surface area (Å²) in [5.41, 5.74) is 8.19. The van der Waals surface area contributed by atoms with E-state index < -0.39 is 0 Å². The van der Waals surface area contributed by atoms with Crippen molar-refractivity contribution in [2.45, 2.75) is 46.7 Å². The quantitative estimate of drug-likeness (QED) is 0.668. The number of anilines is 2. The molecule has 1 aromatic heterocycles. The second-order valence-corrected chi connectivity index (χ2v) is 8.10. The van der Waals surface area contributed by atoms with Gasteiger partial charge in [0.15, 0.2) is 0 Å². The Kier molecular flexibility index (Phi) is 5.43. The van der Waals surface area contributed by atoms with Gasteiger partial charge in [0.2, 0.25) is 5.91 Å². The van der Waals surface area contributed by atoms with Crippen LogP contribution in [0.3, 0.4) is 0 Å². The molecule has 0 atom stereocenters. The first-order chi connectivity index (χ1) is 14.0. The maximum atomic E-state index is 12.5. The lowest BCUT2D eigenvalue weighted by Gasteiger charge is -2.31. The van der Waals surface area contributed by atoms with Crippen molar-refractivity contribution >= 4 is 17.3 Å². The molecule has 0 saturated heterocycles. The van der Waals surface area contributed by atoms with Crippen molar-refractivity contribution in [3.63, 3.8) is 0 Å². The summed E-state index contributed by atoms with van der Waals surface area (Å²) in [6.07, 6.45) is 3.40. The minimum absolute atomic E-state index is 0.0697. The molecular weight excluding hydrogens is 358 g/mol. The molecule has 4 nitrogen and oxygen atoms in total. The summed E-state index contributed by atoms with van der Waals surface area (Å²) in [5, 5.41) is 3.14. The lowest BCUT2D eigenvalue weighted by atomic mass is 10.0. The van der Waals surface area contributed by atoms with Gasteiger partial charge in [-0.2, -0.15) is 0 Å². The maximum absolute atomic E-state index is 12.5. The van der Waals surface area contributed by atoms with Crippen molar-refractivity contribution in [2.75, 3.05) is 16.8 Å². The Morgan fingerprint density at radius 2 is 1.72 bits per heavy atom. The fourth-order valence-corrected chi connectivity index (χ4v) is 4.07. The van der Waals surface area contributed by atoms with Gasteiger partial charge < -0.3 is 14.8 Å². The molecule has 0 aliphatic carbocycles. The average Bonchev–Trinajstić information content (AvgIpc) is 3.18. The number of nitrogens with one attached hydrogen (secondary N) is 1. The highest BCUT2D eigenvalue weighted by Gasteiger charge is 2.18. The van der Waals surface area contributed by atoms with Gasteiger partial charge >= 0.3 is 0 Å². The average molecular weight is 388 g/mol. The van der Waals surface area contributed by atoms with Crippen LogP contribution >= 0.6 is 0 Å². The van der Waals surface area contributed by atoms with E-state index in [9.17, 15) is 4.79 Å². The summed E-state index contributed by atoms with van der Waals surface area (Å²) in [7, 11) is 0. The topological polar surface area (TPSA) is 37.3 Å². The minimum Gasteiger partial charge on any atom is -0.364 e. The molecule has 0 fully saturated rings. The maximum Gasteiger partial charge on any atom is 0.224 e. The normalized spacial score (nSPS) is 13.3. The van der Waals surface area contributed by atoms with Crippen LogP contribution in [0.25, 0.3) is 0 Å². The number of fused-ring (bicyclic) bond motifs is 1. The van der Waals surface area contributed by atoms with Crippen molar-refractivity contribution in [1.29, 1.82) is 0 Å². The van der Waals surface area contributed by atoms with E-state index in [1.54, 1.807) is 0 Å². The predicted molar refractivity (Wildman–Crippen MR) is 120 cm³/mol. The standard InChI is InChI=1S/C25H29N3O/c1-18-6-8-21(9-7-18)10-11-24(29)26-25-19(2)15-23(16-20(25)3)28-14-13-27-12-4-5-22(27)17-28/h4-9,12,15-16H,10-11,13-14,17H2,1-3H3,(H,26,29). The van der Waals surface area contributed by atoms with Crippen molar-refractivity contribution in [3.05, 3.63) is 82.7 Å². The van der Waals surface area contributed by atoms with Gasteiger partial charge in [0, 0.05) is 42.8 Å². The van der Waals surface area contributed by atoms with Gasteiger partial charge in [-0.3, -0.25) is 4.79 Å². The van der Waals surface area contributed by atoms with Crippen molar-refractivity contribution in [2.24, 2.45) is 0 Å². The van der Waals surface area contributed by atoms with Gasteiger partial charge in [-0.1, -0.05) is 29.8 Å². The second-order valence-electron chi connectivity index (χ2n) is 8.10. The van der Waals surface area contributed by atoms with Gasteiger partial charge in [-0.05, 0) is 68.1 Å². The van der Waals surface area contributed by atoms with Gasteiger partial charge in [-0.15, -0.1) is 0 Å². The molecule has 4 rings (SSSR count). The highest BCUT2D eigenvalue weighted by atomic mass is 16.1. The highest BCUT2D eigenvalue weighted by molar-refractivity contribution is 5.93. The number of amides is 1. The number of nitrogens with zero attached hydrogens (tertiary/aromatic N) is 2. The Balaban J connectivity index is 1.42. The van der Waals surface area contributed by atoms with Crippen LogP contribution in [0.1, 0.15) is 34.4 Å². The fourth-order valence-electron chi connectivity index (χ4n) is 4.07. The number of aromatic nitrogens is 1. The first-order valence-electron chi connectivity index (χ1n) is 10.4. The molecule has 150 valence electrons. The monoisotopic (exact) mass is 387 g/mol. The summed E-state index contributed by atoms with van der Waals surface area (Å²) in [4.78, 5) is 14.9. The first kappa shape index (κ1) is 19.3. The second kappa shape index (κ2) is 8.16. The lowest BCUT2D eigenvalue weighted by molar-refractivity contribution is -0.116. The van der Waals surface area contributed by atoms with Crippen LogP contribution in [0.5, 0.6) is 0 Å². The first-order valence-corrected chi connectivity index (χ1v) is 10.4. The predicted octanol–water partition coefficient (Wildman–Crippen LogP) is 5.00. The molecule has 1 aliphatic rings. The number of aryl methyl sites for hydroxylation is 4. The smallest absolute Gasteiger partial charge is 0.224 e. The summed E-state index contributed by atoms with van der Waals surface area (Å²) in [6, 6.07) is 17.1. The zero-order valence-corrected chi connectivity index (χ0v) is 17.5. The van der Waals surface area contributed by atoms with E-state index in [1.165, 1.54) is 22.5 Å². The number of benzene rings is 2. The Morgan fingerprint density at radius 3 is 2.45 bits per heavy atom. The summed E-state index contributed by atoms with van der Waals surface area (Å²) in [6.45, 7) is 9.18. The van der Waals surface area contributed by atoms with Gasteiger partial charge in [-0.25, -0.2) is 0 Å². The Labute approximate surface area is 173 Å². The molecule has 0 saturated carbocycles. The van der Waals surface area contributed by atoms with E-state index in [1.807, 2.05) is 0 Å². The molecule has 0 radical (unpaired) electrons. The zero-order chi connectivity index (χ0) is 20.4. The molecule has 0 unspecified atom stereocenters. The van der Waals surface area contributed by atoms with Crippen molar-refractivity contribution < 1.29 is 4.79 Å². The van der Waals surface area contributed by atoms with E-state index >= 15 is 0 Å². The minimum atomic E-state index is 0.0697. The van der Waals surface area contributed by atoms with Crippen LogP contribution in [0.4, 0.5) is 11.4 Å². The SMILES string of the molecule is Cc1ccc(CCC(=O)Nc2c(C)cc(N3CCn4cccc4C3)cc2C)cc1. The van der Waals surface area contributed by atoms with Gasteiger partial charge in [0.1, 0.15) is 0 Å². The van der Waals surface area contributed by atoms with E-state index in [4.69, 9.17) is 0 Å². The number of hydrogen-bond donors (Lipinski definition) is 1. The molecule has 2 heterocycles. The third-order valence-corrected chi connectivity index (χ3v) is 5.80. The summed E-state index contributed by atoms with van der Waals surface area (Å²) < 4.78 is 2.32. The molecule has 29 heavy (non-hydrogen) atoms. The van der Waals surface area contributed by atoms with Gasteiger partial charge in [0.05, 0.1) is 6.54 Å². The molecule has 3 aromatic rings. The number of rotatable bonds is 5.